The summed E-state index contributed by atoms with van der Waals surface area (Å²) >= 11 is 1.38. The molecule has 0 bridgehead atoms. The zero-order chi connectivity index (χ0) is 19.1. The van der Waals surface area contributed by atoms with Crippen LogP contribution < -0.4 is 11.1 Å². The molecular formula is C18H19FN4O2S. The Morgan fingerprint density at radius 2 is 2.12 bits per heavy atom. The molecular weight excluding hydrogens is 355 g/mol. The molecule has 0 saturated carbocycles. The summed E-state index contributed by atoms with van der Waals surface area (Å²) in [4.78, 5) is 31.6. The normalized spacial score (nSPS) is 20.1. The number of nitrogens with zero attached hydrogens (tertiary/aromatic N) is 2. The first kappa shape index (κ1) is 18.1. The van der Waals surface area contributed by atoms with E-state index < -0.39 is 11.4 Å². The maximum Gasteiger partial charge on any atom is 0.265 e. The van der Waals surface area contributed by atoms with Crippen LogP contribution in [0.1, 0.15) is 33.5 Å². The highest BCUT2D eigenvalue weighted by molar-refractivity contribution is 7.14. The quantitative estimate of drug-likeness (QED) is 0.866. The third-order valence-electron chi connectivity index (χ3n) is 4.34. The number of carbonyl (C=O) groups excluding carboxylic acids is 2. The highest BCUT2D eigenvalue weighted by Gasteiger charge is 2.38. The van der Waals surface area contributed by atoms with E-state index in [4.69, 9.17) is 5.73 Å². The first-order valence-corrected chi connectivity index (χ1v) is 8.81. The molecule has 1 aliphatic rings. The summed E-state index contributed by atoms with van der Waals surface area (Å²) in [5.74, 6) is -0.991. The van der Waals surface area contributed by atoms with Crippen molar-refractivity contribution in [3.8, 4) is 0 Å². The molecule has 2 heterocycles. The van der Waals surface area contributed by atoms with Crippen molar-refractivity contribution in [2.45, 2.75) is 25.8 Å². The van der Waals surface area contributed by atoms with Gasteiger partial charge in [-0.3, -0.25) is 14.5 Å². The average Bonchev–Trinajstić information content (AvgIpc) is 3.01. The van der Waals surface area contributed by atoms with Crippen LogP contribution in [0, 0.1) is 12.7 Å². The molecule has 1 unspecified atom stereocenters. The van der Waals surface area contributed by atoms with Crippen molar-refractivity contribution in [1.82, 2.24) is 4.90 Å². The van der Waals surface area contributed by atoms with Crippen LogP contribution in [0.4, 0.5) is 10.1 Å². The molecule has 0 radical (unpaired) electrons. The van der Waals surface area contributed by atoms with Crippen molar-refractivity contribution in [2.75, 3.05) is 12.4 Å². The molecule has 3 N–H and O–H groups in total. The van der Waals surface area contributed by atoms with Gasteiger partial charge in [0, 0.05) is 23.2 Å². The molecule has 26 heavy (non-hydrogen) atoms. The van der Waals surface area contributed by atoms with Crippen molar-refractivity contribution >= 4 is 34.8 Å². The van der Waals surface area contributed by atoms with Gasteiger partial charge in [0.05, 0.1) is 16.8 Å². The number of halogens is 1. The van der Waals surface area contributed by atoms with Gasteiger partial charge in [-0.05, 0) is 44.2 Å². The molecule has 3 rings (SSSR count). The molecule has 136 valence electrons. The number of rotatable bonds is 3. The lowest BCUT2D eigenvalue weighted by Crippen LogP contribution is -2.47. The summed E-state index contributed by atoms with van der Waals surface area (Å²) in [7, 11) is 1.52. The van der Waals surface area contributed by atoms with Crippen molar-refractivity contribution < 1.29 is 14.0 Å². The number of guanidine groups is 1. The standard InChI is InChI=1S/C18H19FN4O2S/c1-10-4-7-14(26-10)16(25)21-11-5-6-13(19)12(8-11)18(2)9-15(24)23(3)17(20)22-18/h4-8H,9H2,1-3H3,(H2,20,22)(H,21,25). The predicted molar refractivity (Wildman–Crippen MR) is 99.8 cm³/mol. The topological polar surface area (TPSA) is 87.8 Å². The number of aryl methyl sites for hydroxylation is 1. The van der Waals surface area contributed by atoms with Crippen LogP contribution in [0.3, 0.4) is 0 Å². The molecule has 1 aromatic heterocycles. The smallest absolute Gasteiger partial charge is 0.265 e. The minimum Gasteiger partial charge on any atom is -0.369 e. The second kappa shape index (κ2) is 6.53. The molecule has 6 nitrogen and oxygen atoms in total. The number of hydrogen-bond acceptors (Lipinski definition) is 5. The number of benzene rings is 1. The summed E-state index contributed by atoms with van der Waals surface area (Å²) in [6.07, 6.45) is -0.0113. The van der Waals surface area contributed by atoms with Gasteiger partial charge < -0.3 is 11.1 Å². The van der Waals surface area contributed by atoms with E-state index in [0.717, 1.165) is 4.88 Å². The maximum atomic E-state index is 14.5. The third kappa shape index (κ3) is 3.32. The van der Waals surface area contributed by atoms with E-state index in [1.165, 1.54) is 41.5 Å². The Kier molecular flexibility index (Phi) is 4.53. The van der Waals surface area contributed by atoms with Crippen LogP contribution in [0.25, 0.3) is 0 Å². The summed E-state index contributed by atoms with van der Waals surface area (Å²) < 4.78 is 14.5. The number of nitrogens with two attached hydrogens (primary N) is 1. The first-order chi connectivity index (χ1) is 12.2. The van der Waals surface area contributed by atoms with Gasteiger partial charge in [-0.25, -0.2) is 9.38 Å². The minimum atomic E-state index is -1.13. The number of carbonyl (C=O) groups is 2. The van der Waals surface area contributed by atoms with E-state index in [9.17, 15) is 14.0 Å². The Labute approximate surface area is 154 Å². The Morgan fingerprint density at radius 1 is 1.38 bits per heavy atom. The number of nitrogens with one attached hydrogen (secondary N) is 1. The van der Waals surface area contributed by atoms with Crippen molar-refractivity contribution in [3.63, 3.8) is 0 Å². The van der Waals surface area contributed by atoms with E-state index in [-0.39, 0.29) is 29.8 Å². The lowest BCUT2D eigenvalue weighted by Gasteiger charge is -2.34. The lowest BCUT2D eigenvalue weighted by atomic mass is 9.87. The molecule has 2 aromatic rings. The number of anilines is 1. The summed E-state index contributed by atoms with van der Waals surface area (Å²) in [5.41, 5.74) is 5.31. The molecule has 0 spiro atoms. The lowest BCUT2D eigenvalue weighted by molar-refractivity contribution is -0.128. The molecule has 1 atom stereocenters. The van der Waals surface area contributed by atoms with E-state index in [2.05, 4.69) is 10.3 Å². The van der Waals surface area contributed by atoms with Gasteiger partial charge in [0.2, 0.25) is 5.91 Å². The second-order valence-corrected chi connectivity index (χ2v) is 7.72. The second-order valence-electron chi connectivity index (χ2n) is 6.43. The van der Waals surface area contributed by atoms with E-state index in [1.807, 2.05) is 13.0 Å². The molecule has 2 amide bonds. The van der Waals surface area contributed by atoms with Crippen molar-refractivity contribution in [2.24, 2.45) is 10.7 Å². The Hall–Kier alpha value is -2.74. The van der Waals surface area contributed by atoms with Gasteiger partial charge in [-0.15, -0.1) is 11.3 Å². The van der Waals surface area contributed by atoms with Crippen LogP contribution in [-0.4, -0.2) is 29.7 Å². The largest absolute Gasteiger partial charge is 0.369 e. The van der Waals surface area contributed by atoms with Gasteiger partial charge in [-0.1, -0.05) is 0 Å². The summed E-state index contributed by atoms with van der Waals surface area (Å²) in [5, 5.41) is 2.76. The Balaban J connectivity index is 1.93. The molecule has 0 aliphatic carbocycles. The SMILES string of the molecule is Cc1ccc(C(=O)Nc2ccc(F)c(C3(C)CC(=O)N(C)C(N)=N3)c2)s1. The summed E-state index contributed by atoms with van der Waals surface area (Å²) in [6, 6.07) is 7.83. The van der Waals surface area contributed by atoms with Crippen LogP contribution in [0.2, 0.25) is 0 Å². The molecule has 1 aromatic carbocycles. The van der Waals surface area contributed by atoms with Crippen LogP contribution >= 0.6 is 11.3 Å². The van der Waals surface area contributed by atoms with Crippen LogP contribution in [0.5, 0.6) is 0 Å². The number of thiophene rings is 1. The van der Waals surface area contributed by atoms with Crippen molar-refractivity contribution in [3.05, 3.63) is 51.5 Å². The summed E-state index contributed by atoms with van der Waals surface area (Å²) in [6.45, 7) is 3.56. The monoisotopic (exact) mass is 374 g/mol. The molecule has 8 heteroatoms. The van der Waals surface area contributed by atoms with Gasteiger partial charge in [-0.2, -0.15) is 0 Å². The van der Waals surface area contributed by atoms with Crippen molar-refractivity contribution in [1.29, 1.82) is 0 Å². The van der Waals surface area contributed by atoms with E-state index in [1.54, 1.807) is 13.0 Å². The number of hydrogen-bond donors (Lipinski definition) is 2. The zero-order valence-corrected chi connectivity index (χ0v) is 15.5. The highest BCUT2D eigenvalue weighted by atomic mass is 32.1. The Bertz CT molecular complexity index is 924. The fourth-order valence-corrected chi connectivity index (χ4v) is 3.59. The average molecular weight is 374 g/mol. The Morgan fingerprint density at radius 3 is 2.73 bits per heavy atom. The third-order valence-corrected chi connectivity index (χ3v) is 5.34. The van der Waals surface area contributed by atoms with Crippen LogP contribution in [0.15, 0.2) is 35.3 Å². The van der Waals surface area contributed by atoms with E-state index in [0.29, 0.717) is 10.6 Å². The molecule has 1 aliphatic heterocycles. The van der Waals surface area contributed by atoms with Gasteiger partial charge in [0.1, 0.15) is 5.82 Å². The molecule has 0 saturated heterocycles. The predicted octanol–water partition coefficient (Wildman–Crippen LogP) is 2.84. The number of amides is 2. The zero-order valence-electron chi connectivity index (χ0n) is 14.7. The van der Waals surface area contributed by atoms with E-state index >= 15 is 0 Å². The van der Waals surface area contributed by atoms with Gasteiger partial charge >= 0.3 is 0 Å². The fraction of sp³-hybridized carbons (Fsp3) is 0.278. The minimum absolute atomic E-state index is 0.0113. The number of aliphatic imine (C=N–C) groups is 1. The van der Waals surface area contributed by atoms with Crippen LogP contribution in [-0.2, 0) is 10.3 Å². The first-order valence-electron chi connectivity index (χ1n) is 7.99. The molecule has 0 fully saturated rings. The highest BCUT2D eigenvalue weighted by Crippen LogP contribution is 2.36. The maximum absolute atomic E-state index is 14.5. The van der Waals surface area contributed by atoms with Gasteiger partial charge in [0.15, 0.2) is 5.96 Å². The van der Waals surface area contributed by atoms with Gasteiger partial charge in [0.25, 0.3) is 5.91 Å². The fourth-order valence-electron chi connectivity index (χ4n) is 2.83.